The van der Waals surface area contributed by atoms with Crippen LogP contribution in [0.4, 0.5) is 0 Å². The Bertz CT molecular complexity index is 883. The van der Waals surface area contributed by atoms with Gasteiger partial charge in [0.1, 0.15) is 21.8 Å². The third-order valence-electron chi connectivity index (χ3n) is 3.04. The van der Waals surface area contributed by atoms with Crippen molar-refractivity contribution in [2.45, 2.75) is 10.3 Å². The Kier molecular flexibility index (Phi) is 4.90. The van der Waals surface area contributed by atoms with Crippen molar-refractivity contribution in [3.05, 3.63) is 51.2 Å². The van der Waals surface area contributed by atoms with Gasteiger partial charge in [-0.3, -0.25) is 0 Å². The number of nitrogens with one attached hydrogen (secondary N) is 1. The van der Waals surface area contributed by atoms with Gasteiger partial charge in [-0.1, -0.05) is 11.6 Å². The summed E-state index contributed by atoms with van der Waals surface area (Å²) < 4.78 is 32.6. The van der Waals surface area contributed by atoms with E-state index in [0.717, 1.165) is 16.9 Å². The molecule has 3 rings (SSSR count). The molecule has 1 unspecified atom stereocenters. The molecule has 0 saturated heterocycles. The van der Waals surface area contributed by atoms with Gasteiger partial charge in [-0.2, -0.15) is 11.3 Å². The molecule has 9 heteroatoms. The van der Waals surface area contributed by atoms with Gasteiger partial charge in [-0.05, 0) is 35.7 Å². The van der Waals surface area contributed by atoms with E-state index in [1.807, 2.05) is 16.8 Å². The van der Waals surface area contributed by atoms with Gasteiger partial charge in [-0.25, -0.2) is 13.1 Å². The maximum atomic E-state index is 12.1. The fraction of sp³-hybridized carbons (Fsp3) is 0.143. The number of aliphatic hydroxyl groups excluding tert-OH is 1. The average Bonchev–Trinajstić information content (AvgIpc) is 3.24. The molecule has 0 bridgehead atoms. The first-order chi connectivity index (χ1) is 11.0. The number of aliphatic hydroxyl groups is 1. The van der Waals surface area contributed by atoms with Crippen LogP contribution in [0, 0.1) is 0 Å². The van der Waals surface area contributed by atoms with Crippen molar-refractivity contribution in [1.82, 2.24) is 4.72 Å². The monoisotopic (exact) mass is 389 g/mol. The van der Waals surface area contributed by atoms with Crippen LogP contribution in [-0.2, 0) is 10.0 Å². The summed E-state index contributed by atoms with van der Waals surface area (Å²) in [6.45, 7) is -0.186. The summed E-state index contributed by atoms with van der Waals surface area (Å²) in [6.07, 6.45) is -1.08. The first-order valence-corrected chi connectivity index (χ1v) is 10.1. The minimum atomic E-state index is -3.69. The minimum absolute atomic E-state index is 0.105. The Morgan fingerprint density at radius 2 is 2.09 bits per heavy atom. The van der Waals surface area contributed by atoms with Crippen LogP contribution in [0.5, 0.6) is 0 Å². The van der Waals surface area contributed by atoms with Crippen LogP contribution in [-0.4, -0.2) is 20.1 Å². The third kappa shape index (κ3) is 3.85. The number of hydrogen-bond donors (Lipinski definition) is 2. The topological polar surface area (TPSA) is 79.5 Å². The van der Waals surface area contributed by atoms with Crippen LogP contribution in [0.3, 0.4) is 0 Å². The van der Waals surface area contributed by atoms with Crippen LogP contribution in [0.1, 0.15) is 11.9 Å². The van der Waals surface area contributed by atoms with Gasteiger partial charge >= 0.3 is 0 Å². The molecule has 5 nitrogen and oxygen atoms in total. The molecule has 0 spiro atoms. The highest BCUT2D eigenvalue weighted by atomic mass is 35.5. The molecule has 0 radical (unpaired) electrons. The van der Waals surface area contributed by atoms with E-state index in [2.05, 4.69) is 4.72 Å². The van der Waals surface area contributed by atoms with Crippen molar-refractivity contribution in [2.24, 2.45) is 0 Å². The highest BCUT2D eigenvalue weighted by molar-refractivity contribution is 7.91. The fourth-order valence-corrected chi connectivity index (χ4v) is 5.10. The van der Waals surface area contributed by atoms with Crippen molar-refractivity contribution in [1.29, 1.82) is 0 Å². The molecule has 0 aromatic carbocycles. The fourth-order valence-electron chi connectivity index (χ4n) is 1.89. The first-order valence-electron chi connectivity index (χ1n) is 6.51. The van der Waals surface area contributed by atoms with Crippen LogP contribution < -0.4 is 4.72 Å². The normalized spacial score (nSPS) is 13.3. The Hall–Kier alpha value is -1.16. The molecule has 2 N–H and O–H groups in total. The minimum Gasteiger partial charge on any atom is -0.458 e. The number of furan rings is 1. The molecule has 23 heavy (non-hydrogen) atoms. The summed E-state index contributed by atoms with van der Waals surface area (Å²) in [5, 5.41) is 14.0. The first kappa shape index (κ1) is 16.7. The van der Waals surface area contributed by atoms with Crippen molar-refractivity contribution < 1.29 is 17.9 Å². The van der Waals surface area contributed by atoms with E-state index in [0.29, 0.717) is 15.9 Å². The standard InChI is InChI=1S/C14H12ClNO4S3/c15-13-3-4-14(22-13)23(18,19)16-7-10(17)12-2-1-11(20-12)9-5-6-21-8-9/h1-6,8,10,16-17H,7H2. The van der Waals surface area contributed by atoms with Crippen LogP contribution in [0.15, 0.2) is 49.7 Å². The number of thiophene rings is 2. The molecular weight excluding hydrogens is 378 g/mol. The molecule has 0 fully saturated rings. The molecule has 3 aromatic heterocycles. The predicted octanol–water partition coefficient (Wildman–Crippen LogP) is 3.73. The number of hydrogen-bond acceptors (Lipinski definition) is 6. The van der Waals surface area contributed by atoms with Gasteiger partial charge in [0.2, 0.25) is 10.0 Å². The molecule has 0 aliphatic carbocycles. The summed E-state index contributed by atoms with van der Waals surface area (Å²) in [7, 11) is -3.69. The Morgan fingerprint density at radius 1 is 1.26 bits per heavy atom. The molecule has 122 valence electrons. The van der Waals surface area contributed by atoms with Crippen LogP contribution in [0.2, 0.25) is 4.34 Å². The lowest BCUT2D eigenvalue weighted by Crippen LogP contribution is -2.27. The molecular formula is C14H12ClNO4S3. The maximum absolute atomic E-state index is 12.1. The van der Waals surface area contributed by atoms with Crippen LogP contribution >= 0.6 is 34.3 Å². The molecule has 0 aliphatic heterocycles. The zero-order valence-electron chi connectivity index (χ0n) is 11.6. The van der Waals surface area contributed by atoms with Crippen LogP contribution in [0.25, 0.3) is 11.3 Å². The van der Waals surface area contributed by atoms with Gasteiger partial charge in [-0.15, -0.1) is 11.3 Å². The van der Waals surface area contributed by atoms with Crippen molar-refractivity contribution in [3.8, 4) is 11.3 Å². The smallest absolute Gasteiger partial charge is 0.250 e. The van der Waals surface area contributed by atoms with E-state index in [1.54, 1.807) is 23.5 Å². The van der Waals surface area contributed by atoms with Gasteiger partial charge in [0.05, 0.1) is 4.34 Å². The Labute approximate surface area is 146 Å². The largest absolute Gasteiger partial charge is 0.458 e. The second kappa shape index (κ2) is 6.76. The lowest BCUT2D eigenvalue weighted by Gasteiger charge is -2.09. The van der Waals surface area contributed by atoms with Crippen molar-refractivity contribution >= 4 is 44.3 Å². The molecule has 0 saturated carbocycles. The summed E-state index contributed by atoms with van der Waals surface area (Å²) >= 11 is 8.24. The Balaban J connectivity index is 1.67. The predicted molar refractivity (Wildman–Crippen MR) is 91.5 cm³/mol. The van der Waals surface area contributed by atoms with E-state index < -0.39 is 16.1 Å². The molecule has 0 aliphatic rings. The van der Waals surface area contributed by atoms with Gasteiger partial charge < -0.3 is 9.52 Å². The second-order valence-corrected chi connectivity index (χ2v) is 9.13. The summed E-state index contributed by atoms with van der Waals surface area (Å²) in [4.78, 5) is 0. The summed E-state index contributed by atoms with van der Waals surface area (Å²) in [6, 6.07) is 8.21. The maximum Gasteiger partial charge on any atom is 0.250 e. The summed E-state index contributed by atoms with van der Waals surface area (Å²) in [5.41, 5.74) is 0.919. The molecule has 1 atom stereocenters. The van der Waals surface area contributed by atoms with E-state index >= 15 is 0 Å². The number of rotatable bonds is 6. The van der Waals surface area contributed by atoms with E-state index in [9.17, 15) is 13.5 Å². The quantitative estimate of drug-likeness (QED) is 0.673. The lowest BCUT2D eigenvalue weighted by atomic mass is 10.2. The van der Waals surface area contributed by atoms with Crippen molar-refractivity contribution in [2.75, 3.05) is 6.54 Å². The lowest BCUT2D eigenvalue weighted by molar-refractivity contribution is 0.155. The molecule has 0 amide bonds. The number of sulfonamides is 1. The van der Waals surface area contributed by atoms with Gasteiger partial charge in [0, 0.05) is 17.5 Å². The Morgan fingerprint density at radius 3 is 2.74 bits per heavy atom. The zero-order chi connectivity index (χ0) is 16.4. The van der Waals surface area contributed by atoms with Crippen molar-refractivity contribution in [3.63, 3.8) is 0 Å². The van der Waals surface area contributed by atoms with E-state index in [4.69, 9.17) is 16.0 Å². The SMILES string of the molecule is O=S(=O)(NCC(O)c1ccc(-c2ccsc2)o1)c1ccc(Cl)s1. The zero-order valence-corrected chi connectivity index (χ0v) is 14.8. The van der Waals surface area contributed by atoms with E-state index in [1.165, 1.54) is 12.1 Å². The number of halogens is 1. The van der Waals surface area contributed by atoms with Gasteiger partial charge in [0.25, 0.3) is 0 Å². The molecule has 3 aromatic rings. The average molecular weight is 390 g/mol. The van der Waals surface area contributed by atoms with Gasteiger partial charge in [0.15, 0.2) is 0 Å². The molecule has 3 heterocycles. The van der Waals surface area contributed by atoms with E-state index in [-0.39, 0.29) is 10.8 Å². The second-order valence-electron chi connectivity index (χ2n) is 4.64. The highest BCUT2D eigenvalue weighted by Crippen LogP contribution is 2.28. The summed E-state index contributed by atoms with van der Waals surface area (Å²) in [5.74, 6) is 0.936. The third-order valence-corrected chi connectivity index (χ3v) is 6.87. The highest BCUT2D eigenvalue weighted by Gasteiger charge is 2.20.